The summed E-state index contributed by atoms with van der Waals surface area (Å²) < 4.78 is 5.52. The maximum absolute atomic E-state index is 11.8. The minimum Gasteiger partial charge on any atom is -0.365 e. The first-order chi connectivity index (χ1) is 7.17. The van der Waals surface area contributed by atoms with Crippen LogP contribution in [0.25, 0.3) is 0 Å². The number of carbonyl (C=O) groups excluding carboxylic acids is 1. The van der Waals surface area contributed by atoms with Gasteiger partial charge in [-0.3, -0.25) is 4.79 Å². The zero-order chi connectivity index (χ0) is 11.3. The van der Waals surface area contributed by atoms with Crippen molar-refractivity contribution in [2.24, 2.45) is 0 Å². The summed E-state index contributed by atoms with van der Waals surface area (Å²) >= 11 is 3.39. The van der Waals surface area contributed by atoms with Crippen LogP contribution in [0.5, 0.6) is 0 Å². The number of amides is 1. The lowest BCUT2D eigenvalue weighted by Gasteiger charge is -2.18. The summed E-state index contributed by atoms with van der Waals surface area (Å²) in [6, 6.07) is 0.274. The van der Waals surface area contributed by atoms with Crippen LogP contribution in [0.1, 0.15) is 39.5 Å². The Morgan fingerprint density at radius 3 is 2.80 bits per heavy atom. The molecule has 0 aromatic carbocycles. The maximum atomic E-state index is 11.8. The predicted molar refractivity (Wildman–Crippen MR) is 64.2 cm³/mol. The van der Waals surface area contributed by atoms with E-state index in [0.717, 1.165) is 31.0 Å². The van der Waals surface area contributed by atoms with Gasteiger partial charge in [0.1, 0.15) is 6.10 Å². The van der Waals surface area contributed by atoms with Crippen LogP contribution in [0.15, 0.2) is 0 Å². The van der Waals surface area contributed by atoms with Crippen molar-refractivity contribution in [3.8, 4) is 0 Å². The van der Waals surface area contributed by atoms with Gasteiger partial charge in [0.15, 0.2) is 0 Å². The molecule has 0 aliphatic carbocycles. The quantitative estimate of drug-likeness (QED) is 0.783. The van der Waals surface area contributed by atoms with Crippen LogP contribution in [-0.4, -0.2) is 29.5 Å². The van der Waals surface area contributed by atoms with Crippen LogP contribution in [0.4, 0.5) is 0 Å². The fraction of sp³-hybridized carbons (Fsp3) is 0.909. The highest BCUT2D eigenvalue weighted by atomic mass is 79.9. The summed E-state index contributed by atoms with van der Waals surface area (Å²) in [7, 11) is 0. The van der Waals surface area contributed by atoms with Crippen LogP contribution in [0.3, 0.4) is 0 Å². The van der Waals surface area contributed by atoms with Gasteiger partial charge in [-0.05, 0) is 32.6 Å². The monoisotopic (exact) mass is 277 g/mol. The van der Waals surface area contributed by atoms with Crippen molar-refractivity contribution < 1.29 is 9.53 Å². The number of rotatable bonds is 5. The number of nitrogens with one attached hydrogen (secondary N) is 1. The van der Waals surface area contributed by atoms with E-state index in [0.29, 0.717) is 0 Å². The van der Waals surface area contributed by atoms with Gasteiger partial charge in [-0.1, -0.05) is 22.9 Å². The third-order valence-corrected chi connectivity index (χ3v) is 3.28. The van der Waals surface area contributed by atoms with Crippen molar-refractivity contribution in [3.05, 3.63) is 0 Å². The number of hydrogen-bond donors (Lipinski definition) is 1. The molecule has 0 saturated carbocycles. The molecule has 0 bridgehead atoms. The molecular formula is C11H20BrNO2. The van der Waals surface area contributed by atoms with E-state index in [2.05, 4.69) is 28.2 Å². The predicted octanol–water partition coefficient (Wildman–Crippen LogP) is 2.23. The van der Waals surface area contributed by atoms with Crippen LogP contribution in [0, 0.1) is 0 Å². The highest BCUT2D eigenvalue weighted by Gasteiger charge is 2.28. The number of alkyl halides is 1. The summed E-state index contributed by atoms with van der Waals surface area (Å²) in [4.78, 5) is 11.8. The zero-order valence-electron chi connectivity index (χ0n) is 9.46. The Kier molecular flexibility index (Phi) is 5.61. The van der Waals surface area contributed by atoms with Crippen molar-refractivity contribution in [3.63, 3.8) is 0 Å². The molecule has 1 heterocycles. The molecule has 1 aliphatic heterocycles. The summed E-state index contributed by atoms with van der Waals surface area (Å²) in [6.45, 7) is 4.11. The van der Waals surface area contributed by atoms with E-state index in [1.807, 2.05) is 6.92 Å². The Morgan fingerprint density at radius 1 is 1.60 bits per heavy atom. The normalized spacial score (nSPS) is 27.7. The Balaban J connectivity index is 2.33. The largest absolute Gasteiger partial charge is 0.365 e. The summed E-state index contributed by atoms with van der Waals surface area (Å²) in [5, 5.41) is 3.96. The van der Waals surface area contributed by atoms with Gasteiger partial charge in [0.2, 0.25) is 5.91 Å². The Hall–Kier alpha value is -0.0900. The van der Waals surface area contributed by atoms with Gasteiger partial charge in [-0.15, -0.1) is 0 Å². The molecule has 1 rings (SSSR count). The van der Waals surface area contributed by atoms with Gasteiger partial charge in [0, 0.05) is 11.4 Å². The lowest BCUT2D eigenvalue weighted by molar-refractivity contribution is -0.132. The third kappa shape index (κ3) is 4.11. The topological polar surface area (TPSA) is 38.3 Å². The number of carbonyl (C=O) groups is 1. The molecule has 1 amide bonds. The second-order valence-corrected chi connectivity index (χ2v) is 4.90. The molecule has 15 heavy (non-hydrogen) atoms. The fourth-order valence-electron chi connectivity index (χ4n) is 1.80. The Labute approximate surface area is 100 Å². The molecule has 3 atom stereocenters. The minimum absolute atomic E-state index is 0.0622. The van der Waals surface area contributed by atoms with E-state index >= 15 is 0 Å². The summed E-state index contributed by atoms with van der Waals surface area (Å²) in [5.41, 5.74) is 0. The van der Waals surface area contributed by atoms with E-state index in [1.165, 1.54) is 0 Å². The molecule has 1 saturated heterocycles. The number of halogens is 1. The first kappa shape index (κ1) is 13.0. The first-order valence-corrected chi connectivity index (χ1v) is 6.81. The summed E-state index contributed by atoms with van der Waals surface area (Å²) in [5.74, 6) is 0.0622. The first-order valence-electron chi connectivity index (χ1n) is 5.69. The minimum atomic E-state index is -0.218. The smallest absolute Gasteiger partial charge is 0.249 e. The molecular weight excluding hydrogens is 258 g/mol. The molecule has 1 fully saturated rings. The van der Waals surface area contributed by atoms with E-state index in [4.69, 9.17) is 4.74 Å². The van der Waals surface area contributed by atoms with Crippen LogP contribution in [-0.2, 0) is 9.53 Å². The highest BCUT2D eigenvalue weighted by Crippen LogP contribution is 2.19. The number of hydrogen-bond acceptors (Lipinski definition) is 2. The fourth-order valence-corrected chi connectivity index (χ4v) is 2.35. The van der Waals surface area contributed by atoms with Gasteiger partial charge in [0.05, 0.1) is 6.10 Å². The van der Waals surface area contributed by atoms with Crippen molar-refractivity contribution >= 4 is 21.8 Å². The SMILES string of the molecule is CCC(CCBr)NC(=O)C1CCC(C)O1. The molecule has 1 N–H and O–H groups in total. The van der Waals surface area contributed by atoms with Crippen LogP contribution >= 0.6 is 15.9 Å². The molecule has 3 unspecified atom stereocenters. The molecule has 4 heteroatoms. The van der Waals surface area contributed by atoms with Gasteiger partial charge in [-0.25, -0.2) is 0 Å². The molecule has 0 aromatic rings. The molecule has 88 valence electrons. The third-order valence-electron chi connectivity index (χ3n) is 2.82. The van der Waals surface area contributed by atoms with Gasteiger partial charge < -0.3 is 10.1 Å². The molecule has 3 nitrogen and oxygen atoms in total. The summed E-state index contributed by atoms with van der Waals surface area (Å²) in [6.07, 6.45) is 3.82. The van der Waals surface area contributed by atoms with Crippen LogP contribution < -0.4 is 5.32 Å². The van der Waals surface area contributed by atoms with Crippen molar-refractivity contribution in [1.82, 2.24) is 5.32 Å². The number of ether oxygens (including phenoxy) is 1. The van der Waals surface area contributed by atoms with Gasteiger partial charge in [0.25, 0.3) is 0 Å². The lowest BCUT2D eigenvalue weighted by atomic mass is 10.1. The van der Waals surface area contributed by atoms with E-state index in [1.54, 1.807) is 0 Å². The molecule has 0 spiro atoms. The van der Waals surface area contributed by atoms with E-state index in [9.17, 15) is 4.79 Å². The average molecular weight is 278 g/mol. The maximum Gasteiger partial charge on any atom is 0.249 e. The Morgan fingerprint density at radius 2 is 2.33 bits per heavy atom. The standard InChI is InChI=1S/C11H20BrNO2/c1-3-9(6-7-12)13-11(14)10-5-4-8(2)15-10/h8-10H,3-7H2,1-2H3,(H,13,14). The lowest BCUT2D eigenvalue weighted by Crippen LogP contribution is -2.41. The van der Waals surface area contributed by atoms with Crippen LogP contribution in [0.2, 0.25) is 0 Å². The van der Waals surface area contributed by atoms with Crippen molar-refractivity contribution in [1.29, 1.82) is 0 Å². The average Bonchev–Trinajstić information content (AvgIpc) is 2.64. The van der Waals surface area contributed by atoms with E-state index in [-0.39, 0.29) is 24.2 Å². The second kappa shape index (κ2) is 6.48. The van der Waals surface area contributed by atoms with Crippen molar-refractivity contribution in [2.45, 2.75) is 57.8 Å². The van der Waals surface area contributed by atoms with Gasteiger partial charge >= 0.3 is 0 Å². The van der Waals surface area contributed by atoms with Gasteiger partial charge in [-0.2, -0.15) is 0 Å². The second-order valence-electron chi connectivity index (χ2n) is 4.10. The zero-order valence-corrected chi connectivity index (χ0v) is 11.0. The molecule has 0 aromatic heterocycles. The van der Waals surface area contributed by atoms with Crippen molar-refractivity contribution in [2.75, 3.05) is 5.33 Å². The Bertz CT molecular complexity index is 211. The van der Waals surface area contributed by atoms with E-state index < -0.39 is 0 Å². The molecule has 1 aliphatic rings. The highest BCUT2D eigenvalue weighted by molar-refractivity contribution is 9.09. The molecule has 0 radical (unpaired) electrons.